The van der Waals surface area contributed by atoms with E-state index in [1.165, 1.54) is 16.4 Å². The molecule has 7 nitrogen and oxygen atoms in total. The summed E-state index contributed by atoms with van der Waals surface area (Å²) >= 11 is 4.97. The Morgan fingerprint density at radius 3 is 2.74 bits per heavy atom. The van der Waals surface area contributed by atoms with E-state index in [4.69, 9.17) is 5.73 Å². The molecule has 2 heterocycles. The van der Waals surface area contributed by atoms with Crippen LogP contribution in [0.2, 0.25) is 0 Å². The predicted molar refractivity (Wildman–Crippen MR) is 130 cm³/mol. The molecule has 1 aliphatic heterocycles. The smallest absolute Gasteiger partial charge is 0.245 e. The van der Waals surface area contributed by atoms with E-state index in [9.17, 15) is 10.1 Å². The highest BCUT2D eigenvalue weighted by molar-refractivity contribution is 9.10. The van der Waals surface area contributed by atoms with Crippen LogP contribution in [-0.2, 0) is 4.79 Å². The highest BCUT2D eigenvalue weighted by atomic mass is 79.9. The van der Waals surface area contributed by atoms with Gasteiger partial charge in [-0.25, -0.2) is 0 Å². The molecule has 3 rings (SSSR count). The van der Waals surface area contributed by atoms with Crippen molar-refractivity contribution in [3.63, 3.8) is 0 Å². The summed E-state index contributed by atoms with van der Waals surface area (Å²) in [7, 11) is 0. The molecule has 3 N–H and O–H groups in total. The van der Waals surface area contributed by atoms with Crippen molar-refractivity contribution in [1.29, 1.82) is 5.26 Å². The van der Waals surface area contributed by atoms with Crippen molar-refractivity contribution in [1.82, 2.24) is 9.69 Å². The average Bonchev–Trinajstić information content (AvgIpc) is 3.12. The van der Waals surface area contributed by atoms with Crippen LogP contribution in [0.15, 0.2) is 22.7 Å². The number of nitrogens with zero attached hydrogens (tertiary/aromatic N) is 4. The fraction of sp³-hybridized carbons (Fsp3) is 0.500. The first-order valence-corrected chi connectivity index (χ1v) is 12.1. The van der Waals surface area contributed by atoms with E-state index in [0.717, 1.165) is 53.2 Å². The molecule has 0 saturated carbocycles. The highest BCUT2D eigenvalue weighted by Gasteiger charge is 2.28. The Morgan fingerprint density at radius 1 is 1.42 bits per heavy atom. The topological polar surface area (TPSA) is 98.3 Å². The van der Waals surface area contributed by atoms with Crippen molar-refractivity contribution in [2.45, 2.75) is 33.2 Å². The molecule has 166 valence electrons. The van der Waals surface area contributed by atoms with E-state index >= 15 is 0 Å². The van der Waals surface area contributed by atoms with Crippen LogP contribution in [-0.4, -0.2) is 49.0 Å². The molecule has 1 amide bonds. The van der Waals surface area contributed by atoms with Gasteiger partial charge in [-0.3, -0.25) is 9.69 Å². The molecule has 0 radical (unpaired) electrons. The summed E-state index contributed by atoms with van der Waals surface area (Å²) in [6.07, 6.45) is 0.568. The molecule has 0 unspecified atom stereocenters. The molecule has 9 heteroatoms. The molecule has 31 heavy (non-hydrogen) atoms. The number of nitrogens with one attached hydrogen (secondary N) is 1. The summed E-state index contributed by atoms with van der Waals surface area (Å²) in [6, 6.07) is 7.70. The summed E-state index contributed by atoms with van der Waals surface area (Å²) in [5.41, 5.74) is 9.98. The highest BCUT2D eigenvalue weighted by Crippen LogP contribution is 2.40. The maximum absolute atomic E-state index is 13.1. The fourth-order valence-electron chi connectivity index (χ4n) is 3.83. The number of halogens is 1. The summed E-state index contributed by atoms with van der Waals surface area (Å²) in [4.78, 5) is 16.9. The number of carbonyl (C=O) groups excluding carboxylic acids is 1. The number of anilines is 2. The van der Waals surface area contributed by atoms with E-state index in [0.29, 0.717) is 17.3 Å². The van der Waals surface area contributed by atoms with Crippen LogP contribution in [0, 0.1) is 24.2 Å². The van der Waals surface area contributed by atoms with Gasteiger partial charge in [-0.05, 0) is 64.4 Å². The van der Waals surface area contributed by atoms with Crippen LogP contribution in [0.1, 0.15) is 26.0 Å². The first-order chi connectivity index (χ1) is 14.8. The Kier molecular flexibility index (Phi) is 8.06. The SMILES string of the molecule is Cc1nsc(N(CC#N)C(=O)[C@@H](N)CC(C)C)c1-c1ccc(N2CCNCC2)c(Br)c1. The lowest BCUT2D eigenvalue weighted by Crippen LogP contribution is -2.44. The van der Waals surface area contributed by atoms with Crippen LogP contribution in [0.5, 0.6) is 0 Å². The standard InChI is InChI=1S/C22H29BrN6OS/c1-14(2)12-18(25)21(30)29(9-6-24)22-20(15(3)27-31-22)16-4-5-19(17(23)13-16)28-10-7-26-8-11-28/h4-5,13-14,18,26H,7-12,25H2,1-3H3/t18-/m0/s1. The predicted octanol–water partition coefficient (Wildman–Crippen LogP) is 3.52. The Bertz CT molecular complexity index is 963. The van der Waals surface area contributed by atoms with Crippen molar-refractivity contribution in [3.8, 4) is 17.2 Å². The van der Waals surface area contributed by atoms with Crippen LogP contribution < -0.4 is 20.9 Å². The summed E-state index contributed by atoms with van der Waals surface area (Å²) < 4.78 is 5.50. The van der Waals surface area contributed by atoms with Gasteiger partial charge in [0.25, 0.3) is 0 Å². The van der Waals surface area contributed by atoms with Crippen molar-refractivity contribution >= 4 is 44.1 Å². The van der Waals surface area contributed by atoms with Gasteiger partial charge in [0.2, 0.25) is 5.91 Å². The number of carbonyl (C=O) groups is 1. The van der Waals surface area contributed by atoms with Crippen molar-refractivity contribution < 1.29 is 4.79 Å². The first-order valence-electron chi connectivity index (χ1n) is 10.5. The summed E-state index contributed by atoms with van der Waals surface area (Å²) in [5, 5.41) is 13.4. The number of amides is 1. The quantitative estimate of drug-likeness (QED) is 0.559. The van der Waals surface area contributed by atoms with Gasteiger partial charge in [-0.1, -0.05) is 19.9 Å². The van der Waals surface area contributed by atoms with Crippen LogP contribution in [0.3, 0.4) is 0 Å². The van der Waals surface area contributed by atoms with Gasteiger partial charge in [0.05, 0.1) is 23.5 Å². The lowest BCUT2D eigenvalue weighted by atomic mass is 10.0. The molecule has 1 aliphatic rings. The van der Waals surface area contributed by atoms with Crippen molar-refractivity contribution in [2.75, 3.05) is 42.5 Å². The molecular formula is C22H29BrN6OS. The largest absolute Gasteiger partial charge is 0.368 e. The third-order valence-corrected chi connectivity index (χ3v) is 6.92. The zero-order valence-corrected chi connectivity index (χ0v) is 20.6. The minimum Gasteiger partial charge on any atom is -0.368 e. The number of hydrogen-bond acceptors (Lipinski definition) is 7. The molecule has 1 aromatic heterocycles. The molecule has 1 saturated heterocycles. The Morgan fingerprint density at radius 2 is 2.13 bits per heavy atom. The molecule has 2 aromatic rings. The van der Waals surface area contributed by atoms with E-state index in [2.05, 4.69) is 54.8 Å². The maximum Gasteiger partial charge on any atom is 0.245 e. The number of benzene rings is 1. The summed E-state index contributed by atoms with van der Waals surface area (Å²) in [5.74, 6) is 0.0516. The number of hydrogen-bond donors (Lipinski definition) is 2. The van der Waals surface area contributed by atoms with Gasteiger partial charge < -0.3 is 16.0 Å². The Labute approximate surface area is 196 Å². The second-order valence-corrected chi connectivity index (χ2v) is 9.78. The lowest BCUT2D eigenvalue weighted by molar-refractivity contribution is -0.120. The third-order valence-electron chi connectivity index (χ3n) is 5.32. The Balaban J connectivity index is 1.96. The van der Waals surface area contributed by atoms with Gasteiger partial charge >= 0.3 is 0 Å². The molecule has 0 spiro atoms. The monoisotopic (exact) mass is 504 g/mol. The second-order valence-electron chi connectivity index (χ2n) is 8.17. The van der Waals surface area contributed by atoms with Crippen molar-refractivity contribution in [3.05, 3.63) is 28.4 Å². The van der Waals surface area contributed by atoms with Gasteiger partial charge in [-0.15, -0.1) is 0 Å². The van der Waals surface area contributed by atoms with Gasteiger partial charge in [-0.2, -0.15) is 9.64 Å². The number of nitriles is 1. The van der Waals surface area contributed by atoms with E-state index in [-0.39, 0.29) is 12.5 Å². The van der Waals surface area contributed by atoms with Crippen molar-refractivity contribution in [2.24, 2.45) is 11.7 Å². The number of piperazine rings is 1. The van der Waals surface area contributed by atoms with Gasteiger partial charge in [0, 0.05) is 36.2 Å². The molecule has 1 aromatic carbocycles. The third kappa shape index (κ3) is 5.44. The zero-order valence-electron chi connectivity index (χ0n) is 18.2. The maximum atomic E-state index is 13.1. The van der Waals surface area contributed by atoms with Crippen LogP contribution >= 0.6 is 27.5 Å². The van der Waals surface area contributed by atoms with E-state index < -0.39 is 6.04 Å². The molecule has 1 atom stereocenters. The second kappa shape index (κ2) is 10.6. The van der Waals surface area contributed by atoms with Gasteiger partial charge in [0.15, 0.2) is 0 Å². The minimum atomic E-state index is -0.648. The minimum absolute atomic E-state index is 0.0563. The molecular weight excluding hydrogens is 476 g/mol. The Hall–Kier alpha value is -1.99. The zero-order chi connectivity index (χ0) is 22.5. The normalized spacial score (nSPS) is 15.1. The molecule has 1 fully saturated rings. The lowest BCUT2D eigenvalue weighted by Gasteiger charge is -2.30. The number of rotatable bonds is 7. The van der Waals surface area contributed by atoms with Crippen LogP contribution in [0.25, 0.3) is 11.1 Å². The molecule has 0 aliphatic carbocycles. The average molecular weight is 505 g/mol. The van der Waals surface area contributed by atoms with E-state index in [1.54, 1.807) is 0 Å². The van der Waals surface area contributed by atoms with Gasteiger partial charge in [0.1, 0.15) is 11.5 Å². The molecule has 0 bridgehead atoms. The number of aromatic nitrogens is 1. The van der Waals surface area contributed by atoms with E-state index in [1.807, 2.05) is 20.8 Å². The number of nitrogens with two attached hydrogens (primary N) is 1. The number of aryl methyl sites for hydroxylation is 1. The first kappa shape index (κ1) is 23.7. The van der Waals surface area contributed by atoms with Crippen LogP contribution in [0.4, 0.5) is 10.7 Å². The fourth-order valence-corrected chi connectivity index (χ4v) is 5.38. The summed E-state index contributed by atoms with van der Waals surface area (Å²) in [6.45, 7) is 9.78.